The Kier molecular flexibility index (Phi) is 97.8. The van der Waals surface area contributed by atoms with Gasteiger partial charge >= 0.3 is 16.5 Å². The van der Waals surface area contributed by atoms with Gasteiger partial charge in [-0.2, -0.15) is 0 Å². The monoisotopic (exact) mass is 352 g/mol. The Labute approximate surface area is 119 Å². The van der Waals surface area contributed by atoms with Crippen LogP contribution in [0.5, 0.6) is 0 Å². The van der Waals surface area contributed by atoms with Crippen molar-refractivity contribution in [3.8, 4) is 0 Å². The second-order valence-electron chi connectivity index (χ2n) is 0.756. The van der Waals surface area contributed by atoms with Crippen molar-refractivity contribution < 1.29 is 74.2 Å². The van der Waals surface area contributed by atoms with E-state index in [1.807, 2.05) is 0 Å². The molecule has 0 saturated heterocycles. The molecule has 0 aliphatic rings. The van der Waals surface area contributed by atoms with Crippen molar-refractivity contribution in [2.45, 2.75) is 44.6 Å². The van der Waals surface area contributed by atoms with Crippen LogP contribution in [0, 0.1) is 20.5 Å². The molecule has 0 amide bonds. The van der Waals surface area contributed by atoms with Gasteiger partial charge in [-0.1, -0.05) is 44.6 Å². The van der Waals surface area contributed by atoms with E-state index in [4.69, 9.17) is 37.3 Å². The minimum atomic E-state index is -4.94. The third kappa shape index (κ3) is 6420. The van der Waals surface area contributed by atoms with Crippen molar-refractivity contribution in [1.29, 1.82) is 0 Å². The molecule has 0 unspecified atom stereocenters. The summed E-state index contributed by atoms with van der Waals surface area (Å²) in [5.74, 6) is 0. The molecular formula is C6H24Cl2NiO8. The van der Waals surface area contributed by atoms with Gasteiger partial charge in [0, 0.05) is 0 Å². The standard InChI is InChI=1S/6CH4.2ClHO4.Ni/c;;;;;;2*2-1(3,4)5;/h6*1H4;2*(H,2,3,4,5);/q;;;;;;;;+2/p-2. The maximum absolute atomic E-state index is 8.49. The van der Waals surface area contributed by atoms with E-state index < -0.39 is 20.5 Å². The summed E-state index contributed by atoms with van der Waals surface area (Å²) in [6.45, 7) is 0. The van der Waals surface area contributed by atoms with Crippen LogP contribution in [0.15, 0.2) is 0 Å². The van der Waals surface area contributed by atoms with Gasteiger partial charge in [-0.15, -0.1) is 20.5 Å². The normalized spacial score (nSPS) is 7.06. The van der Waals surface area contributed by atoms with Crippen LogP contribution in [-0.4, -0.2) is 0 Å². The van der Waals surface area contributed by atoms with Crippen molar-refractivity contribution >= 4 is 0 Å². The molecule has 0 aliphatic carbocycles. The first-order valence-corrected chi connectivity index (χ1v) is 3.70. The van der Waals surface area contributed by atoms with Crippen LogP contribution in [-0.2, 0) is 16.5 Å². The molecule has 0 radical (unpaired) electrons. The van der Waals surface area contributed by atoms with Gasteiger partial charge < -0.3 is 0 Å². The molecule has 0 heterocycles. The second kappa shape index (κ2) is 25.6. The minimum absolute atomic E-state index is 0. The molecule has 17 heavy (non-hydrogen) atoms. The molecule has 0 aromatic carbocycles. The van der Waals surface area contributed by atoms with E-state index in [0.717, 1.165) is 0 Å². The summed E-state index contributed by atoms with van der Waals surface area (Å²) in [5.41, 5.74) is 0. The molecule has 120 valence electrons. The molecule has 11 heteroatoms. The van der Waals surface area contributed by atoms with Gasteiger partial charge in [0.05, 0.1) is 0 Å². The molecule has 0 N–H and O–H groups in total. The van der Waals surface area contributed by atoms with Gasteiger partial charge in [-0.25, -0.2) is 37.3 Å². The van der Waals surface area contributed by atoms with Gasteiger partial charge in [-0.3, -0.25) is 0 Å². The Bertz CT molecular complexity index is 71.0. The fourth-order valence-electron chi connectivity index (χ4n) is 0. The summed E-state index contributed by atoms with van der Waals surface area (Å²) in [7, 11) is -9.89. The van der Waals surface area contributed by atoms with Crippen molar-refractivity contribution in [2.75, 3.05) is 0 Å². The summed E-state index contributed by atoms with van der Waals surface area (Å²) in [6, 6.07) is 0. The van der Waals surface area contributed by atoms with E-state index in [9.17, 15) is 0 Å². The Morgan fingerprint density at radius 3 is 0.353 bits per heavy atom. The van der Waals surface area contributed by atoms with Crippen molar-refractivity contribution in [1.82, 2.24) is 0 Å². The van der Waals surface area contributed by atoms with Crippen LogP contribution >= 0.6 is 0 Å². The van der Waals surface area contributed by atoms with Crippen molar-refractivity contribution in [2.24, 2.45) is 0 Å². The topological polar surface area (TPSA) is 184 Å². The fourth-order valence-corrected chi connectivity index (χ4v) is 0. The Morgan fingerprint density at radius 1 is 0.353 bits per heavy atom. The molecule has 0 aromatic heterocycles. The number of rotatable bonds is 0. The van der Waals surface area contributed by atoms with E-state index in [1.54, 1.807) is 0 Å². The second-order valence-corrected chi connectivity index (χ2v) is 2.27. The third-order valence-electron chi connectivity index (χ3n) is 0. The molecule has 0 aliphatic heterocycles. The predicted octanol–water partition coefficient (Wildman–Crippen LogP) is -5.70. The van der Waals surface area contributed by atoms with E-state index in [-0.39, 0.29) is 61.1 Å². The first-order chi connectivity index (χ1) is 4.00. The molecule has 0 rings (SSSR count). The SMILES string of the molecule is C.C.C.C.C.C.[Ni+2].[O-][Cl+3]([O-])([O-])[O-].[O-][Cl+3]([O-])([O-])[O-]. The largest absolute Gasteiger partial charge is 2.00 e. The summed E-state index contributed by atoms with van der Waals surface area (Å²) < 4.78 is 67.9. The van der Waals surface area contributed by atoms with Crippen LogP contribution in [0.25, 0.3) is 0 Å². The van der Waals surface area contributed by atoms with E-state index in [2.05, 4.69) is 0 Å². The number of hydrogen-bond donors (Lipinski definition) is 0. The smallest absolute Gasteiger partial charge is 0.222 e. The van der Waals surface area contributed by atoms with Crippen LogP contribution in [0.1, 0.15) is 44.6 Å². The maximum atomic E-state index is 8.49. The molecule has 0 atom stereocenters. The fraction of sp³-hybridized carbons (Fsp3) is 1.00. The maximum Gasteiger partial charge on any atom is 2.00 e. The van der Waals surface area contributed by atoms with Crippen molar-refractivity contribution in [3.63, 3.8) is 0 Å². The van der Waals surface area contributed by atoms with Gasteiger partial charge in [0.25, 0.3) is 0 Å². The molecule has 8 nitrogen and oxygen atoms in total. The molecule has 0 fully saturated rings. The van der Waals surface area contributed by atoms with Crippen molar-refractivity contribution in [3.05, 3.63) is 0 Å². The van der Waals surface area contributed by atoms with Crippen LogP contribution in [0.4, 0.5) is 0 Å². The summed E-state index contributed by atoms with van der Waals surface area (Å²) in [6.07, 6.45) is 0. The third-order valence-corrected chi connectivity index (χ3v) is 0. The summed E-state index contributed by atoms with van der Waals surface area (Å²) in [5, 5.41) is 0. The van der Waals surface area contributed by atoms with E-state index in [0.29, 0.717) is 0 Å². The Balaban J connectivity index is -0.00000000762. The Morgan fingerprint density at radius 2 is 0.353 bits per heavy atom. The zero-order valence-corrected chi connectivity index (χ0v) is 6.84. The zero-order chi connectivity index (χ0) is 9.00. The molecule has 0 aromatic rings. The number of hydrogen-bond acceptors (Lipinski definition) is 8. The quantitative estimate of drug-likeness (QED) is 0.385. The van der Waals surface area contributed by atoms with Gasteiger partial charge in [0.2, 0.25) is 0 Å². The van der Waals surface area contributed by atoms with Gasteiger partial charge in [-0.05, 0) is 0 Å². The molecule has 0 bridgehead atoms. The average Bonchev–Trinajstić information content (AvgIpc) is 1.12. The first-order valence-electron chi connectivity index (χ1n) is 1.23. The average molecular weight is 354 g/mol. The van der Waals surface area contributed by atoms with Crippen LogP contribution in [0.3, 0.4) is 0 Å². The molecular weight excluding hydrogens is 330 g/mol. The van der Waals surface area contributed by atoms with Crippen LogP contribution in [0.2, 0.25) is 0 Å². The Hall–Kier alpha value is 0.754. The summed E-state index contributed by atoms with van der Waals surface area (Å²) in [4.78, 5) is 0. The minimum Gasteiger partial charge on any atom is -0.222 e. The zero-order valence-electron chi connectivity index (χ0n) is 4.34. The van der Waals surface area contributed by atoms with E-state index >= 15 is 0 Å². The first kappa shape index (κ1) is 65.0. The number of halogens is 2. The molecule has 0 saturated carbocycles. The van der Waals surface area contributed by atoms with Crippen LogP contribution < -0.4 is 37.3 Å². The van der Waals surface area contributed by atoms with E-state index in [1.165, 1.54) is 0 Å². The summed E-state index contributed by atoms with van der Waals surface area (Å²) >= 11 is 0. The molecule has 0 spiro atoms. The predicted molar refractivity (Wildman–Crippen MR) is 40.4 cm³/mol. The van der Waals surface area contributed by atoms with Gasteiger partial charge in [0.15, 0.2) is 0 Å². The van der Waals surface area contributed by atoms with Gasteiger partial charge in [0.1, 0.15) is 0 Å².